The van der Waals surface area contributed by atoms with Crippen molar-refractivity contribution in [2.45, 2.75) is 26.7 Å². The summed E-state index contributed by atoms with van der Waals surface area (Å²) in [5.41, 5.74) is 0.109. The number of anilines is 1. The van der Waals surface area contributed by atoms with E-state index in [-0.39, 0.29) is 34.1 Å². The van der Waals surface area contributed by atoms with Crippen molar-refractivity contribution in [1.82, 2.24) is 14.8 Å². The Morgan fingerprint density at radius 2 is 1.97 bits per heavy atom. The van der Waals surface area contributed by atoms with E-state index in [4.69, 9.17) is 0 Å². The number of aromatic nitrogens is 1. The van der Waals surface area contributed by atoms with Gasteiger partial charge in [0.2, 0.25) is 5.91 Å². The van der Waals surface area contributed by atoms with Crippen LogP contribution in [0.3, 0.4) is 0 Å². The molecule has 1 fully saturated rings. The molecule has 2 heterocycles. The number of likely N-dealkylation sites (tertiary alicyclic amines) is 1. The molecule has 1 aliphatic heterocycles. The van der Waals surface area contributed by atoms with Gasteiger partial charge in [0, 0.05) is 37.1 Å². The van der Waals surface area contributed by atoms with Gasteiger partial charge in [-0.05, 0) is 44.9 Å². The molecule has 1 aliphatic rings. The van der Waals surface area contributed by atoms with Gasteiger partial charge >= 0.3 is 0 Å². The molecular formula is C21H24F2N4O3S. The second-order valence-electron chi connectivity index (χ2n) is 7.22. The van der Waals surface area contributed by atoms with Crippen LogP contribution in [0.5, 0.6) is 0 Å². The molecule has 1 atom stereocenters. The van der Waals surface area contributed by atoms with Gasteiger partial charge in [-0.15, -0.1) is 11.3 Å². The number of nitrogens with one attached hydrogen (secondary N) is 1. The molecule has 3 amide bonds. The first-order valence-electron chi connectivity index (χ1n) is 10.1. The topological polar surface area (TPSA) is 82.6 Å². The van der Waals surface area contributed by atoms with E-state index in [2.05, 4.69) is 10.3 Å². The van der Waals surface area contributed by atoms with Gasteiger partial charge < -0.3 is 9.80 Å². The summed E-state index contributed by atoms with van der Waals surface area (Å²) in [5.74, 6) is -3.31. The van der Waals surface area contributed by atoms with E-state index in [1.165, 1.54) is 5.38 Å². The third-order valence-electron chi connectivity index (χ3n) is 5.26. The van der Waals surface area contributed by atoms with Crippen LogP contribution in [-0.2, 0) is 4.79 Å². The Labute approximate surface area is 183 Å². The van der Waals surface area contributed by atoms with Crippen LogP contribution in [0.25, 0.3) is 0 Å². The van der Waals surface area contributed by atoms with Crippen molar-refractivity contribution >= 4 is 34.2 Å². The highest BCUT2D eigenvalue weighted by Gasteiger charge is 2.31. The average molecular weight is 451 g/mol. The third-order valence-corrected chi connectivity index (χ3v) is 6.02. The predicted octanol–water partition coefficient (Wildman–Crippen LogP) is 3.39. The molecule has 0 bridgehead atoms. The molecule has 1 N–H and O–H groups in total. The molecule has 1 aromatic carbocycles. The second kappa shape index (κ2) is 9.95. The monoisotopic (exact) mass is 450 g/mol. The van der Waals surface area contributed by atoms with Crippen molar-refractivity contribution in [2.75, 3.05) is 31.5 Å². The summed E-state index contributed by atoms with van der Waals surface area (Å²) in [6, 6.07) is 2.83. The molecule has 1 unspecified atom stereocenters. The van der Waals surface area contributed by atoms with Gasteiger partial charge in [0.15, 0.2) is 16.8 Å². The molecule has 31 heavy (non-hydrogen) atoms. The van der Waals surface area contributed by atoms with Crippen LogP contribution < -0.4 is 5.32 Å². The summed E-state index contributed by atoms with van der Waals surface area (Å²) in [6.07, 6.45) is 1.47. The largest absolute Gasteiger partial charge is 0.343 e. The minimum atomic E-state index is -1.12. The van der Waals surface area contributed by atoms with Gasteiger partial charge in [0.1, 0.15) is 5.69 Å². The van der Waals surface area contributed by atoms with Crippen LogP contribution in [0.15, 0.2) is 23.6 Å². The van der Waals surface area contributed by atoms with Crippen molar-refractivity contribution < 1.29 is 23.2 Å². The smallest absolute Gasteiger partial charge is 0.273 e. The predicted molar refractivity (Wildman–Crippen MR) is 113 cm³/mol. The standard InChI is InChI=1S/C21H24F2N4O3S/c1-3-26(4-2)19(29)14-6-5-9-27(11-14)20(30)17-12-31-21(24-17)25-18(28)13-7-8-15(22)16(23)10-13/h7-8,10,12,14H,3-6,9,11H2,1-2H3,(H,24,25,28). The van der Waals surface area contributed by atoms with Crippen LogP contribution in [0.4, 0.5) is 13.9 Å². The van der Waals surface area contributed by atoms with E-state index in [0.717, 1.165) is 42.4 Å². The first-order valence-corrected chi connectivity index (χ1v) is 11.0. The number of halogens is 2. The van der Waals surface area contributed by atoms with Crippen molar-refractivity contribution in [3.8, 4) is 0 Å². The Kier molecular flexibility index (Phi) is 7.32. The number of carbonyl (C=O) groups excluding carboxylic acids is 3. The first kappa shape index (κ1) is 22.8. The normalized spacial score (nSPS) is 16.1. The summed E-state index contributed by atoms with van der Waals surface area (Å²) in [5, 5.41) is 4.19. The molecule has 166 valence electrons. The number of hydrogen-bond donors (Lipinski definition) is 1. The molecular weight excluding hydrogens is 426 g/mol. The number of benzene rings is 1. The van der Waals surface area contributed by atoms with Crippen LogP contribution >= 0.6 is 11.3 Å². The Morgan fingerprint density at radius 3 is 2.65 bits per heavy atom. The zero-order valence-electron chi connectivity index (χ0n) is 17.4. The Hall–Kier alpha value is -2.88. The second-order valence-corrected chi connectivity index (χ2v) is 8.08. The lowest BCUT2D eigenvalue weighted by atomic mass is 9.96. The quantitative estimate of drug-likeness (QED) is 0.731. The molecule has 0 spiro atoms. The van der Waals surface area contributed by atoms with Crippen LogP contribution in [-0.4, -0.2) is 58.7 Å². The molecule has 0 aliphatic carbocycles. The number of thiazole rings is 1. The number of amides is 3. The number of nitrogens with zero attached hydrogens (tertiary/aromatic N) is 3. The zero-order valence-corrected chi connectivity index (χ0v) is 18.2. The van der Waals surface area contributed by atoms with E-state index in [0.29, 0.717) is 26.2 Å². The van der Waals surface area contributed by atoms with E-state index in [1.807, 2.05) is 13.8 Å². The highest BCUT2D eigenvalue weighted by atomic mass is 32.1. The SMILES string of the molecule is CCN(CC)C(=O)C1CCCN(C(=O)c2csc(NC(=O)c3ccc(F)c(F)c3)n2)C1. The van der Waals surface area contributed by atoms with Crippen LogP contribution in [0.1, 0.15) is 47.5 Å². The molecule has 3 rings (SSSR count). The summed E-state index contributed by atoms with van der Waals surface area (Å²) < 4.78 is 26.4. The van der Waals surface area contributed by atoms with E-state index >= 15 is 0 Å². The Balaban J connectivity index is 1.64. The molecule has 0 saturated carbocycles. The average Bonchev–Trinajstić information content (AvgIpc) is 3.24. The van der Waals surface area contributed by atoms with Gasteiger partial charge in [-0.3, -0.25) is 19.7 Å². The number of piperidine rings is 1. The fraction of sp³-hybridized carbons (Fsp3) is 0.429. The molecule has 2 aromatic rings. The molecule has 0 radical (unpaired) electrons. The summed E-state index contributed by atoms with van der Waals surface area (Å²) in [7, 11) is 0. The summed E-state index contributed by atoms with van der Waals surface area (Å²) >= 11 is 1.06. The van der Waals surface area contributed by atoms with Gasteiger partial charge in [0.05, 0.1) is 5.92 Å². The van der Waals surface area contributed by atoms with Crippen molar-refractivity contribution in [2.24, 2.45) is 5.92 Å². The first-order chi connectivity index (χ1) is 14.8. The number of carbonyl (C=O) groups is 3. The Morgan fingerprint density at radius 1 is 1.23 bits per heavy atom. The fourth-order valence-corrected chi connectivity index (χ4v) is 4.23. The zero-order chi connectivity index (χ0) is 22.5. The summed E-state index contributed by atoms with van der Waals surface area (Å²) in [6.45, 7) is 5.99. The molecule has 1 saturated heterocycles. The lowest BCUT2D eigenvalue weighted by Gasteiger charge is -2.34. The van der Waals surface area contributed by atoms with Crippen molar-refractivity contribution in [3.63, 3.8) is 0 Å². The van der Waals surface area contributed by atoms with E-state index in [1.54, 1.807) is 9.80 Å². The lowest BCUT2D eigenvalue weighted by Crippen LogP contribution is -2.46. The molecule has 1 aromatic heterocycles. The van der Waals surface area contributed by atoms with Gasteiger partial charge in [-0.1, -0.05) is 0 Å². The fourth-order valence-electron chi connectivity index (χ4n) is 3.55. The number of rotatable bonds is 6. The van der Waals surface area contributed by atoms with Crippen LogP contribution in [0.2, 0.25) is 0 Å². The Bertz CT molecular complexity index is 977. The van der Waals surface area contributed by atoms with E-state index < -0.39 is 17.5 Å². The maximum absolute atomic E-state index is 13.3. The van der Waals surface area contributed by atoms with Gasteiger partial charge in [0.25, 0.3) is 11.8 Å². The molecule has 10 heteroatoms. The maximum Gasteiger partial charge on any atom is 0.273 e. The van der Waals surface area contributed by atoms with Gasteiger partial charge in [-0.25, -0.2) is 13.8 Å². The van der Waals surface area contributed by atoms with Crippen LogP contribution in [0, 0.1) is 17.6 Å². The summed E-state index contributed by atoms with van der Waals surface area (Å²) in [4.78, 5) is 45.3. The third kappa shape index (κ3) is 5.25. The minimum Gasteiger partial charge on any atom is -0.343 e. The minimum absolute atomic E-state index is 0.0558. The van der Waals surface area contributed by atoms with Crippen molar-refractivity contribution in [1.29, 1.82) is 0 Å². The van der Waals surface area contributed by atoms with Crippen molar-refractivity contribution in [3.05, 3.63) is 46.5 Å². The molecule has 7 nitrogen and oxygen atoms in total. The number of hydrogen-bond acceptors (Lipinski definition) is 5. The highest BCUT2D eigenvalue weighted by molar-refractivity contribution is 7.14. The van der Waals surface area contributed by atoms with E-state index in [9.17, 15) is 23.2 Å². The van der Waals surface area contributed by atoms with Gasteiger partial charge in [-0.2, -0.15) is 0 Å². The highest BCUT2D eigenvalue weighted by Crippen LogP contribution is 2.23. The maximum atomic E-state index is 13.3. The lowest BCUT2D eigenvalue weighted by molar-refractivity contribution is -0.136.